The number of anilines is 1. The first-order valence-corrected chi connectivity index (χ1v) is 9.52. The van der Waals surface area contributed by atoms with Gasteiger partial charge in [-0.25, -0.2) is 0 Å². The lowest BCUT2D eigenvalue weighted by Crippen LogP contribution is -2.62. The fourth-order valence-electron chi connectivity index (χ4n) is 4.53. The van der Waals surface area contributed by atoms with Gasteiger partial charge in [0, 0.05) is 50.2 Å². The number of fused-ring (bicyclic) bond motifs is 1. The van der Waals surface area contributed by atoms with Crippen LogP contribution in [0.3, 0.4) is 0 Å². The van der Waals surface area contributed by atoms with Gasteiger partial charge in [0.2, 0.25) is 0 Å². The summed E-state index contributed by atoms with van der Waals surface area (Å²) in [5.74, 6) is 0.579. The Hall–Kier alpha value is -1.30. The van der Waals surface area contributed by atoms with E-state index in [9.17, 15) is 4.79 Å². The molecule has 4 atom stereocenters. The summed E-state index contributed by atoms with van der Waals surface area (Å²) in [7, 11) is 1.69. The van der Waals surface area contributed by atoms with Crippen LogP contribution in [0.2, 0.25) is 5.02 Å². The van der Waals surface area contributed by atoms with Crippen molar-refractivity contribution in [3.05, 3.63) is 28.8 Å². The van der Waals surface area contributed by atoms with Gasteiger partial charge in [-0.15, -0.1) is 0 Å². The molecule has 0 spiro atoms. The lowest BCUT2D eigenvalue weighted by molar-refractivity contribution is -0.0809. The molecule has 2 aliphatic heterocycles. The van der Waals surface area contributed by atoms with Crippen LogP contribution in [-0.4, -0.2) is 51.5 Å². The highest BCUT2D eigenvalue weighted by Gasteiger charge is 2.54. The molecule has 6 heteroatoms. The molecule has 25 heavy (non-hydrogen) atoms. The SMILES string of the molecule is COC[C@H]1[C@@H](NC(=O)c2ccc(N3CCCC3)c(Cl)c2)[C@H]2CCO[C@H]21. The van der Waals surface area contributed by atoms with Gasteiger partial charge >= 0.3 is 0 Å². The first-order chi connectivity index (χ1) is 12.2. The topological polar surface area (TPSA) is 50.8 Å². The second-order valence-corrected chi connectivity index (χ2v) is 7.67. The van der Waals surface area contributed by atoms with Gasteiger partial charge in [0.05, 0.1) is 23.4 Å². The molecule has 3 aliphatic rings. The molecule has 4 rings (SSSR count). The summed E-state index contributed by atoms with van der Waals surface area (Å²) in [6, 6.07) is 5.76. The van der Waals surface area contributed by atoms with Crippen molar-refractivity contribution in [1.29, 1.82) is 0 Å². The van der Waals surface area contributed by atoms with E-state index in [2.05, 4.69) is 10.2 Å². The van der Waals surface area contributed by atoms with Gasteiger partial charge in [0.1, 0.15) is 0 Å². The number of carbonyl (C=O) groups is 1. The molecule has 0 unspecified atom stereocenters. The number of amides is 1. The zero-order valence-corrected chi connectivity index (χ0v) is 15.3. The smallest absolute Gasteiger partial charge is 0.251 e. The number of rotatable bonds is 5. The monoisotopic (exact) mass is 364 g/mol. The zero-order valence-electron chi connectivity index (χ0n) is 14.5. The van der Waals surface area contributed by atoms with Crippen molar-refractivity contribution in [2.75, 3.05) is 38.3 Å². The number of methoxy groups -OCH3 is 1. The van der Waals surface area contributed by atoms with Crippen LogP contribution in [0, 0.1) is 11.8 Å². The summed E-state index contributed by atoms with van der Waals surface area (Å²) < 4.78 is 11.1. The van der Waals surface area contributed by atoms with Crippen LogP contribution in [-0.2, 0) is 9.47 Å². The van der Waals surface area contributed by atoms with Crippen LogP contribution in [0.5, 0.6) is 0 Å². The van der Waals surface area contributed by atoms with E-state index in [0.717, 1.165) is 31.8 Å². The number of nitrogens with zero attached hydrogens (tertiary/aromatic N) is 1. The summed E-state index contributed by atoms with van der Waals surface area (Å²) in [5.41, 5.74) is 1.65. The van der Waals surface area contributed by atoms with Crippen molar-refractivity contribution in [3.63, 3.8) is 0 Å². The molecule has 3 fully saturated rings. The number of hydrogen-bond acceptors (Lipinski definition) is 4. The molecule has 1 N–H and O–H groups in total. The second kappa shape index (κ2) is 7.14. The van der Waals surface area contributed by atoms with E-state index >= 15 is 0 Å². The van der Waals surface area contributed by atoms with Crippen LogP contribution in [0.25, 0.3) is 0 Å². The van der Waals surface area contributed by atoms with Gasteiger partial charge in [0.25, 0.3) is 5.91 Å². The molecule has 2 saturated heterocycles. The fraction of sp³-hybridized carbons (Fsp3) is 0.632. The standard InChI is InChI=1S/C19H25ClN2O3/c1-24-11-14-17(13-6-9-25-18(13)14)21-19(23)12-4-5-16(15(20)10-12)22-7-2-3-8-22/h4-5,10,13-14,17-18H,2-3,6-9,11H2,1H3,(H,21,23)/t13-,14+,17+,18-/m1/s1. The van der Waals surface area contributed by atoms with E-state index < -0.39 is 0 Å². The molecule has 1 saturated carbocycles. The van der Waals surface area contributed by atoms with Crippen molar-refractivity contribution >= 4 is 23.2 Å². The Labute approximate surface area is 153 Å². The van der Waals surface area contributed by atoms with E-state index in [1.165, 1.54) is 12.8 Å². The second-order valence-electron chi connectivity index (χ2n) is 7.27. The van der Waals surface area contributed by atoms with Crippen molar-refractivity contribution < 1.29 is 14.3 Å². The largest absolute Gasteiger partial charge is 0.384 e. The molecule has 5 nitrogen and oxygen atoms in total. The number of ether oxygens (including phenoxy) is 2. The molecule has 0 aromatic heterocycles. The Morgan fingerprint density at radius 2 is 2.20 bits per heavy atom. The molecular formula is C19H25ClN2O3. The Kier molecular flexibility index (Phi) is 4.89. The summed E-state index contributed by atoms with van der Waals surface area (Å²) in [4.78, 5) is 15.0. The average Bonchev–Trinajstić information content (AvgIpc) is 3.27. The minimum absolute atomic E-state index is 0.0636. The van der Waals surface area contributed by atoms with Crippen LogP contribution in [0.15, 0.2) is 18.2 Å². The normalized spacial score (nSPS) is 30.9. The molecular weight excluding hydrogens is 340 g/mol. The minimum Gasteiger partial charge on any atom is -0.384 e. The fourth-order valence-corrected chi connectivity index (χ4v) is 4.83. The third-order valence-electron chi connectivity index (χ3n) is 5.84. The predicted octanol–water partition coefficient (Wildman–Crippen LogP) is 2.72. The Morgan fingerprint density at radius 3 is 2.92 bits per heavy atom. The highest BCUT2D eigenvalue weighted by atomic mass is 35.5. The minimum atomic E-state index is -0.0636. The number of hydrogen-bond donors (Lipinski definition) is 1. The Balaban J connectivity index is 1.45. The molecule has 2 heterocycles. The number of benzene rings is 1. The summed E-state index contributed by atoms with van der Waals surface area (Å²) in [6.07, 6.45) is 3.63. The summed E-state index contributed by atoms with van der Waals surface area (Å²) in [5, 5.41) is 3.84. The molecule has 1 aromatic carbocycles. The van der Waals surface area contributed by atoms with E-state index in [1.54, 1.807) is 13.2 Å². The van der Waals surface area contributed by atoms with Gasteiger partial charge in [0.15, 0.2) is 0 Å². The van der Waals surface area contributed by atoms with Gasteiger partial charge in [-0.3, -0.25) is 4.79 Å². The first-order valence-electron chi connectivity index (χ1n) is 9.15. The summed E-state index contributed by atoms with van der Waals surface area (Å²) >= 11 is 6.44. The van der Waals surface area contributed by atoms with Crippen LogP contribution >= 0.6 is 11.6 Å². The number of nitrogens with one attached hydrogen (secondary N) is 1. The van der Waals surface area contributed by atoms with Crippen LogP contribution in [0.1, 0.15) is 29.6 Å². The first kappa shape index (κ1) is 17.1. The molecule has 1 amide bonds. The van der Waals surface area contributed by atoms with Gasteiger partial charge in [-0.2, -0.15) is 0 Å². The van der Waals surface area contributed by atoms with Gasteiger partial charge in [-0.05, 0) is 37.5 Å². The lowest BCUT2D eigenvalue weighted by atomic mass is 9.67. The molecule has 136 valence electrons. The van der Waals surface area contributed by atoms with Crippen molar-refractivity contribution in [1.82, 2.24) is 5.32 Å². The quantitative estimate of drug-likeness (QED) is 0.872. The van der Waals surface area contributed by atoms with Crippen molar-refractivity contribution in [3.8, 4) is 0 Å². The van der Waals surface area contributed by atoms with E-state index in [0.29, 0.717) is 23.1 Å². The van der Waals surface area contributed by atoms with E-state index in [-0.39, 0.29) is 24.0 Å². The zero-order chi connectivity index (χ0) is 17.4. The summed E-state index contributed by atoms with van der Waals surface area (Å²) in [6.45, 7) is 3.46. The molecule has 0 bridgehead atoms. The number of carbonyl (C=O) groups excluding carboxylic acids is 1. The van der Waals surface area contributed by atoms with Crippen LogP contribution in [0.4, 0.5) is 5.69 Å². The van der Waals surface area contributed by atoms with E-state index in [1.807, 2.05) is 12.1 Å². The average molecular weight is 365 g/mol. The Bertz CT molecular complexity index is 648. The Morgan fingerprint density at radius 1 is 1.40 bits per heavy atom. The van der Waals surface area contributed by atoms with Crippen molar-refractivity contribution in [2.45, 2.75) is 31.4 Å². The van der Waals surface area contributed by atoms with Gasteiger partial charge in [-0.1, -0.05) is 11.6 Å². The van der Waals surface area contributed by atoms with E-state index in [4.69, 9.17) is 21.1 Å². The van der Waals surface area contributed by atoms with Crippen LogP contribution < -0.4 is 10.2 Å². The molecule has 0 radical (unpaired) electrons. The highest BCUT2D eigenvalue weighted by molar-refractivity contribution is 6.33. The maximum atomic E-state index is 12.7. The predicted molar refractivity (Wildman–Crippen MR) is 97.4 cm³/mol. The lowest BCUT2D eigenvalue weighted by Gasteiger charge is -2.47. The maximum absolute atomic E-state index is 12.7. The van der Waals surface area contributed by atoms with Crippen molar-refractivity contribution in [2.24, 2.45) is 11.8 Å². The maximum Gasteiger partial charge on any atom is 0.251 e. The third-order valence-corrected chi connectivity index (χ3v) is 6.14. The molecule has 1 aliphatic carbocycles. The third kappa shape index (κ3) is 3.14. The number of halogens is 1. The highest BCUT2D eigenvalue weighted by Crippen LogP contribution is 2.44. The molecule has 1 aromatic rings. The van der Waals surface area contributed by atoms with Gasteiger partial charge < -0.3 is 19.7 Å².